The van der Waals surface area contributed by atoms with Gasteiger partial charge in [-0.05, 0) is 36.5 Å². The molecule has 0 radical (unpaired) electrons. The molecule has 2 aromatic carbocycles. The van der Waals surface area contributed by atoms with E-state index in [1.54, 1.807) is 36.4 Å². The van der Waals surface area contributed by atoms with Gasteiger partial charge in [-0.1, -0.05) is 30.3 Å². The van der Waals surface area contributed by atoms with Gasteiger partial charge in [0.25, 0.3) is 5.91 Å². The second-order valence-electron chi connectivity index (χ2n) is 5.01. The third-order valence-electron chi connectivity index (χ3n) is 3.43. The maximum Gasteiger partial charge on any atom is 0.251 e. The van der Waals surface area contributed by atoms with E-state index in [4.69, 9.17) is 12.2 Å². The summed E-state index contributed by atoms with van der Waals surface area (Å²) in [4.78, 5) is 29.9. The molecule has 1 fully saturated rings. The van der Waals surface area contributed by atoms with Crippen molar-refractivity contribution >= 4 is 46.7 Å². The zero-order chi connectivity index (χ0) is 17.1. The van der Waals surface area contributed by atoms with Crippen molar-refractivity contribution in [2.24, 2.45) is 10.9 Å². The summed E-state index contributed by atoms with van der Waals surface area (Å²) in [5.41, 5.74) is 0.592. The summed E-state index contributed by atoms with van der Waals surface area (Å²) in [5.74, 6) is -2.84. The first-order valence-corrected chi connectivity index (χ1v) is 7.51. The van der Waals surface area contributed by atoms with E-state index >= 15 is 0 Å². The Hall–Kier alpha value is -2.93. The highest BCUT2D eigenvalue weighted by Gasteiger charge is 2.38. The molecule has 1 heterocycles. The van der Waals surface area contributed by atoms with E-state index in [9.17, 15) is 14.0 Å². The van der Waals surface area contributed by atoms with Crippen molar-refractivity contribution in [2.45, 2.75) is 0 Å². The largest absolute Gasteiger partial charge is 0.301 e. The molecular formula is C17H12FN3O2S. The van der Waals surface area contributed by atoms with Gasteiger partial charge in [0.15, 0.2) is 11.0 Å². The number of rotatable bonds is 3. The standard InChI is InChI=1S/C17H12FN3O2S/c18-13-8-4-5-9-14(13)19-10-12-15(22)20-17(24)21(16(12)23)11-6-2-1-3-7-11/h1-10,12H,(H,20,22,24)/t12-/m1/s1. The van der Waals surface area contributed by atoms with Gasteiger partial charge in [0, 0.05) is 6.21 Å². The summed E-state index contributed by atoms with van der Waals surface area (Å²) in [5, 5.41) is 2.48. The lowest BCUT2D eigenvalue weighted by Gasteiger charge is -2.30. The predicted octanol–water partition coefficient (Wildman–Crippen LogP) is 2.59. The van der Waals surface area contributed by atoms with Crippen LogP contribution in [-0.2, 0) is 9.59 Å². The second kappa shape index (κ2) is 6.67. The van der Waals surface area contributed by atoms with Crippen molar-refractivity contribution < 1.29 is 14.0 Å². The van der Waals surface area contributed by atoms with Crippen LogP contribution in [0.5, 0.6) is 0 Å². The molecule has 1 saturated heterocycles. The maximum absolute atomic E-state index is 13.6. The van der Waals surface area contributed by atoms with Crippen LogP contribution in [0.2, 0.25) is 0 Å². The Morgan fingerprint density at radius 1 is 1.08 bits per heavy atom. The van der Waals surface area contributed by atoms with E-state index in [0.29, 0.717) is 5.69 Å². The van der Waals surface area contributed by atoms with Crippen molar-refractivity contribution in [3.63, 3.8) is 0 Å². The van der Waals surface area contributed by atoms with E-state index in [-0.39, 0.29) is 10.8 Å². The molecule has 0 unspecified atom stereocenters. The molecule has 0 aliphatic carbocycles. The van der Waals surface area contributed by atoms with Gasteiger partial charge >= 0.3 is 0 Å². The van der Waals surface area contributed by atoms with Crippen molar-refractivity contribution in [2.75, 3.05) is 4.90 Å². The number of aliphatic imine (C=N–C) groups is 1. The lowest BCUT2D eigenvalue weighted by atomic mass is 10.1. The van der Waals surface area contributed by atoms with Crippen LogP contribution in [0.4, 0.5) is 15.8 Å². The molecule has 2 amide bonds. The van der Waals surface area contributed by atoms with Crippen LogP contribution in [-0.4, -0.2) is 23.1 Å². The summed E-state index contributed by atoms with van der Waals surface area (Å²) in [7, 11) is 0. The zero-order valence-electron chi connectivity index (χ0n) is 12.3. The molecule has 0 spiro atoms. The molecule has 0 saturated carbocycles. The molecule has 24 heavy (non-hydrogen) atoms. The molecule has 1 aliphatic heterocycles. The summed E-state index contributed by atoms with van der Waals surface area (Å²) < 4.78 is 13.6. The fourth-order valence-corrected chi connectivity index (χ4v) is 2.55. The summed E-state index contributed by atoms with van der Waals surface area (Å²) in [6.45, 7) is 0. The molecule has 7 heteroatoms. The highest BCUT2D eigenvalue weighted by molar-refractivity contribution is 7.80. The van der Waals surface area contributed by atoms with Crippen LogP contribution in [0.3, 0.4) is 0 Å². The maximum atomic E-state index is 13.6. The summed E-state index contributed by atoms with van der Waals surface area (Å²) >= 11 is 5.08. The van der Waals surface area contributed by atoms with Gasteiger partial charge in [-0.2, -0.15) is 0 Å². The normalized spacial score (nSPS) is 18.1. The summed E-state index contributed by atoms with van der Waals surface area (Å²) in [6, 6.07) is 14.6. The molecule has 1 N–H and O–H groups in total. The van der Waals surface area contributed by atoms with Crippen molar-refractivity contribution in [3.05, 3.63) is 60.4 Å². The van der Waals surface area contributed by atoms with E-state index in [2.05, 4.69) is 10.3 Å². The molecule has 3 rings (SSSR count). The Balaban J connectivity index is 1.90. The quantitative estimate of drug-likeness (QED) is 0.530. The first kappa shape index (κ1) is 15.9. The van der Waals surface area contributed by atoms with Crippen LogP contribution >= 0.6 is 12.2 Å². The Kier molecular flexibility index (Phi) is 4.43. The number of thiocarbonyl (C=S) groups is 1. The Morgan fingerprint density at radius 2 is 1.75 bits per heavy atom. The minimum absolute atomic E-state index is 0.00624. The first-order chi connectivity index (χ1) is 11.6. The van der Waals surface area contributed by atoms with E-state index < -0.39 is 23.5 Å². The third kappa shape index (κ3) is 3.07. The number of nitrogens with zero attached hydrogens (tertiary/aromatic N) is 2. The van der Waals surface area contributed by atoms with Gasteiger partial charge < -0.3 is 5.32 Å². The van der Waals surface area contributed by atoms with Gasteiger partial charge in [-0.3, -0.25) is 19.5 Å². The molecule has 1 aliphatic rings. The molecule has 120 valence electrons. The van der Waals surface area contributed by atoms with Crippen LogP contribution < -0.4 is 10.2 Å². The third-order valence-corrected chi connectivity index (χ3v) is 3.72. The van der Waals surface area contributed by atoms with E-state index in [1.165, 1.54) is 23.1 Å². The number of halogens is 1. The van der Waals surface area contributed by atoms with Gasteiger partial charge in [0.05, 0.1) is 11.4 Å². The Morgan fingerprint density at radius 3 is 2.46 bits per heavy atom. The first-order valence-electron chi connectivity index (χ1n) is 7.10. The number of para-hydroxylation sites is 2. The number of hydrogen-bond acceptors (Lipinski definition) is 4. The number of nitrogens with one attached hydrogen (secondary N) is 1. The van der Waals surface area contributed by atoms with Crippen LogP contribution in [0.15, 0.2) is 59.6 Å². The minimum atomic E-state index is -1.18. The van der Waals surface area contributed by atoms with Gasteiger partial charge in [0.1, 0.15) is 5.82 Å². The minimum Gasteiger partial charge on any atom is -0.301 e. The molecule has 0 aromatic heterocycles. The van der Waals surface area contributed by atoms with Gasteiger partial charge in [-0.15, -0.1) is 0 Å². The Bertz CT molecular complexity index is 839. The fourth-order valence-electron chi connectivity index (χ4n) is 2.25. The Labute approximate surface area is 142 Å². The molecular weight excluding hydrogens is 329 g/mol. The predicted molar refractivity (Wildman–Crippen MR) is 92.7 cm³/mol. The average molecular weight is 341 g/mol. The number of carbonyl (C=O) groups excluding carboxylic acids is 2. The van der Waals surface area contributed by atoms with Gasteiger partial charge in [-0.25, -0.2) is 4.39 Å². The number of carbonyl (C=O) groups is 2. The highest BCUT2D eigenvalue weighted by Crippen LogP contribution is 2.21. The highest BCUT2D eigenvalue weighted by atomic mass is 32.1. The smallest absolute Gasteiger partial charge is 0.251 e. The van der Waals surface area contributed by atoms with Gasteiger partial charge in [0.2, 0.25) is 5.91 Å². The van der Waals surface area contributed by atoms with Crippen molar-refractivity contribution in [3.8, 4) is 0 Å². The average Bonchev–Trinajstić information content (AvgIpc) is 2.57. The van der Waals surface area contributed by atoms with Crippen molar-refractivity contribution in [1.82, 2.24) is 5.32 Å². The monoisotopic (exact) mass is 341 g/mol. The van der Waals surface area contributed by atoms with E-state index in [1.807, 2.05) is 0 Å². The number of benzene rings is 2. The SMILES string of the molecule is O=C1NC(=S)N(c2ccccc2)C(=O)[C@@H]1C=Nc1ccccc1F. The van der Waals surface area contributed by atoms with Crippen LogP contribution in [0.25, 0.3) is 0 Å². The number of hydrogen-bond donors (Lipinski definition) is 1. The molecule has 0 bridgehead atoms. The summed E-state index contributed by atoms with van der Waals surface area (Å²) in [6.07, 6.45) is 1.13. The lowest BCUT2D eigenvalue weighted by molar-refractivity contribution is -0.130. The number of amides is 2. The lowest BCUT2D eigenvalue weighted by Crippen LogP contribution is -2.58. The number of anilines is 1. The van der Waals surface area contributed by atoms with Crippen molar-refractivity contribution in [1.29, 1.82) is 0 Å². The molecule has 2 aromatic rings. The fraction of sp³-hybridized carbons (Fsp3) is 0.0588. The second-order valence-corrected chi connectivity index (χ2v) is 5.40. The van der Waals surface area contributed by atoms with E-state index in [0.717, 1.165) is 6.21 Å². The molecule has 1 atom stereocenters. The molecule has 5 nitrogen and oxygen atoms in total. The van der Waals surface area contributed by atoms with Crippen LogP contribution in [0.1, 0.15) is 0 Å². The van der Waals surface area contributed by atoms with Crippen LogP contribution in [0, 0.1) is 11.7 Å². The zero-order valence-corrected chi connectivity index (χ0v) is 13.2. The topological polar surface area (TPSA) is 61.8 Å².